The Hall–Kier alpha value is -2.31. The van der Waals surface area contributed by atoms with E-state index in [-0.39, 0.29) is 17.9 Å². The topological polar surface area (TPSA) is 74.9 Å². The van der Waals surface area contributed by atoms with Gasteiger partial charge in [-0.2, -0.15) is 0 Å². The highest BCUT2D eigenvalue weighted by molar-refractivity contribution is 6.04. The highest BCUT2D eigenvalue weighted by Gasteiger charge is 2.30. The first-order valence-corrected chi connectivity index (χ1v) is 10.9. The van der Waals surface area contributed by atoms with Gasteiger partial charge in [-0.25, -0.2) is 0 Å². The maximum Gasteiger partial charge on any atom is 0.291 e. The molecule has 30 heavy (non-hydrogen) atoms. The summed E-state index contributed by atoms with van der Waals surface area (Å²) in [5, 5.41) is 12.7. The van der Waals surface area contributed by atoms with Crippen LogP contribution in [0.25, 0.3) is 0 Å². The molecule has 6 heteroatoms. The molecular formula is C24H32N2O4. The maximum atomic E-state index is 12.9. The van der Waals surface area contributed by atoms with E-state index in [4.69, 9.17) is 9.15 Å². The van der Waals surface area contributed by atoms with Gasteiger partial charge in [0.05, 0.1) is 11.4 Å². The second-order valence-electron chi connectivity index (χ2n) is 9.02. The minimum Gasteiger partial charge on any atom is -0.456 e. The smallest absolute Gasteiger partial charge is 0.291 e. The third-order valence-electron chi connectivity index (χ3n) is 6.57. The zero-order valence-electron chi connectivity index (χ0n) is 17.9. The van der Waals surface area contributed by atoms with Gasteiger partial charge in [0.1, 0.15) is 5.76 Å². The van der Waals surface area contributed by atoms with E-state index in [0.717, 1.165) is 74.7 Å². The number of aliphatic hydroxyl groups excluding tert-OH is 1. The third kappa shape index (κ3) is 4.55. The number of furan rings is 1. The van der Waals surface area contributed by atoms with Gasteiger partial charge in [-0.15, -0.1) is 0 Å². The van der Waals surface area contributed by atoms with Crippen molar-refractivity contribution in [3.05, 3.63) is 47.4 Å². The molecule has 3 heterocycles. The number of aryl methyl sites for hydroxylation is 1. The van der Waals surface area contributed by atoms with E-state index in [1.54, 1.807) is 6.07 Å². The van der Waals surface area contributed by atoms with E-state index in [1.165, 1.54) is 0 Å². The van der Waals surface area contributed by atoms with Crippen molar-refractivity contribution in [2.24, 2.45) is 5.41 Å². The number of piperidine rings is 1. The van der Waals surface area contributed by atoms with Gasteiger partial charge in [-0.3, -0.25) is 4.79 Å². The molecule has 2 aliphatic rings. The lowest BCUT2D eigenvalue weighted by molar-refractivity contribution is 0.0799. The third-order valence-corrected chi connectivity index (χ3v) is 6.57. The van der Waals surface area contributed by atoms with Gasteiger partial charge in [0.15, 0.2) is 5.76 Å². The number of rotatable bonds is 5. The number of anilines is 2. The van der Waals surface area contributed by atoms with Crippen LogP contribution in [0.1, 0.15) is 60.4 Å². The summed E-state index contributed by atoms with van der Waals surface area (Å²) in [6, 6.07) is 9.84. The first kappa shape index (κ1) is 20.9. The molecule has 0 unspecified atom stereocenters. The number of aliphatic hydroxyl groups is 1. The molecule has 2 N–H and O–H groups in total. The molecule has 2 fully saturated rings. The molecule has 0 aliphatic carbocycles. The van der Waals surface area contributed by atoms with Crippen LogP contribution in [0.15, 0.2) is 34.7 Å². The summed E-state index contributed by atoms with van der Waals surface area (Å²) in [5.74, 6) is 1.31. The van der Waals surface area contributed by atoms with Crippen LogP contribution in [0.4, 0.5) is 11.4 Å². The van der Waals surface area contributed by atoms with Crippen LogP contribution in [-0.2, 0) is 4.74 Å². The van der Waals surface area contributed by atoms with Crippen molar-refractivity contribution in [2.75, 3.05) is 43.1 Å². The minimum absolute atomic E-state index is 0.0145. The number of carbonyl (C=O) groups is 1. The van der Waals surface area contributed by atoms with Crippen LogP contribution in [0.5, 0.6) is 0 Å². The number of amides is 1. The monoisotopic (exact) mass is 412 g/mol. The van der Waals surface area contributed by atoms with Gasteiger partial charge < -0.3 is 24.5 Å². The summed E-state index contributed by atoms with van der Waals surface area (Å²) in [4.78, 5) is 15.2. The van der Waals surface area contributed by atoms with E-state index in [1.807, 2.05) is 19.1 Å². The van der Waals surface area contributed by atoms with Crippen molar-refractivity contribution < 1.29 is 19.1 Å². The zero-order chi connectivity index (χ0) is 21.1. The number of nitrogens with zero attached hydrogens (tertiary/aromatic N) is 1. The summed E-state index contributed by atoms with van der Waals surface area (Å²) in [6.07, 6.45) is 3.71. The Kier molecular flexibility index (Phi) is 6.16. The van der Waals surface area contributed by atoms with Crippen LogP contribution >= 0.6 is 0 Å². The first-order chi connectivity index (χ1) is 14.5. The number of hydrogen-bond donors (Lipinski definition) is 2. The average Bonchev–Trinajstić information content (AvgIpc) is 3.26. The van der Waals surface area contributed by atoms with Crippen molar-refractivity contribution in [3.63, 3.8) is 0 Å². The lowest BCUT2D eigenvalue weighted by atomic mass is 9.81. The van der Waals surface area contributed by atoms with E-state index in [0.29, 0.717) is 11.7 Å². The fourth-order valence-electron chi connectivity index (χ4n) is 4.33. The van der Waals surface area contributed by atoms with Crippen LogP contribution in [0.3, 0.4) is 0 Å². The second-order valence-corrected chi connectivity index (χ2v) is 9.02. The van der Waals surface area contributed by atoms with Crippen LogP contribution in [0.2, 0.25) is 0 Å². The van der Waals surface area contributed by atoms with E-state index >= 15 is 0 Å². The molecule has 1 aromatic heterocycles. The fraction of sp³-hybridized carbons (Fsp3) is 0.542. The standard InChI is InChI=1S/C24H32N2O4/c1-17-3-4-20(26-11-9-24(2,16-27)10-12-26)19(15-17)25-23(28)22-6-5-21(30-22)18-7-13-29-14-8-18/h3-6,15,18,27H,7-14,16H2,1-2H3,(H,25,28). The summed E-state index contributed by atoms with van der Waals surface area (Å²) in [7, 11) is 0. The lowest BCUT2D eigenvalue weighted by Crippen LogP contribution is -2.40. The summed E-state index contributed by atoms with van der Waals surface area (Å²) in [5.41, 5.74) is 2.90. The fourth-order valence-corrected chi connectivity index (χ4v) is 4.33. The second kappa shape index (κ2) is 8.82. The van der Waals surface area contributed by atoms with E-state index < -0.39 is 0 Å². The van der Waals surface area contributed by atoms with Gasteiger partial charge in [-0.1, -0.05) is 13.0 Å². The highest BCUT2D eigenvalue weighted by Crippen LogP contribution is 2.36. The number of benzene rings is 1. The van der Waals surface area contributed by atoms with Gasteiger partial charge in [0.25, 0.3) is 5.91 Å². The van der Waals surface area contributed by atoms with Gasteiger partial charge in [-0.05, 0) is 67.9 Å². The normalized spacial score (nSPS) is 19.6. The Balaban J connectivity index is 1.48. The van der Waals surface area contributed by atoms with Crippen molar-refractivity contribution in [1.29, 1.82) is 0 Å². The number of carbonyl (C=O) groups excluding carboxylic acids is 1. The predicted octanol–water partition coefficient (Wildman–Crippen LogP) is 4.33. The number of hydrogen-bond acceptors (Lipinski definition) is 5. The molecule has 162 valence electrons. The molecule has 0 saturated carbocycles. The molecule has 0 radical (unpaired) electrons. The Morgan fingerprint density at radius 3 is 2.63 bits per heavy atom. The molecule has 0 spiro atoms. The molecule has 0 bridgehead atoms. The van der Waals surface area contributed by atoms with Crippen LogP contribution in [0, 0.1) is 12.3 Å². The maximum absolute atomic E-state index is 12.9. The van der Waals surface area contributed by atoms with Crippen molar-refractivity contribution in [1.82, 2.24) is 0 Å². The van der Waals surface area contributed by atoms with Gasteiger partial charge in [0.2, 0.25) is 0 Å². The van der Waals surface area contributed by atoms with Gasteiger partial charge in [0, 0.05) is 38.8 Å². The Labute approximate surface area is 178 Å². The Bertz CT molecular complexity index is 877. The zero-order valence-corrected chi connectivity index (χ0v) is 17.9. The Morgan fingerprint density at radius 1 is 1.20 bits per heavy atom. The first-order valence-electron chi connectivity index (χ1n) is 10.9. The lowest BCUT2D eigenvalue weighted by Gasteiger charge is -2.40. The number of nitrogens with one attached hydrogen (secondary N) is 1. The molecule has 1 aromatic carbocycles. The molecule has 2 aromatic rings. The molecule has 4 rings (SSSR count). The average molecular weight is 413 g/mol. The minimum atomic E-state index is -0.225. The van der Waals surface area contributed by atoms with E-state index in [9.17, 15) is 9.90 Å². The predicted molar refractivity (Wildman–Crippen MR) is 117 cm³/mol. The van der Waals surface area contributed by atoms with Crippen LogP contribution in [-0.4, -0.2) is 43.9 Å². The van der Waals surface area contributed by atoms with Crippen molar-refractivity contribution in [2.45, 2.75) is 45.4 Å². The molecule has 2 aliphatic heterocycles. The highest BCUT2D eigenvalue weighted by atomic mass is 16.5. The molecule has 1 amide bonds. The largest absolute Gasteiger partial charge is 0.456 e. The molecule has 2 saturated heterocycles. The van der Waals surface area contributed by atoms with E-state index in [2.05, 4.69) is 29.3 Å². The van der Waals surface area contributed by atoms with Crippen molar-refractivity contribution >= 4 is 17.3 Å². The summed E-state index contributed by atoms with van der Waals surface area (Å²) >= 11 is 0. The molecular weight excluding hydrogens is 380 g/mol. The summed E-state index contributed by atoms with van der Waals surface area (Å²) < 4.78 is 11.3. The van der Waals surface area contributed by atoms with Crippen molar-refractivity contribution in [3.8, 4) is 0 Å². The summed E-state index contributed by atoms with van der Waals surface area (Å²) in [6.45, 7) is 7.57. The SMILES string of the molecule is Cc1ccc(N2CCC(C)(CO)CC2)c(NC(=O)c2ccc(C3CCOCC3)o2)c1. The van der Waals surface area contributed by atoms with Gasteiger partial charge >= 0.3 is 0 Å². The molecule has 6 nitrogen and oxygen atoms in total. The Morgan fingerprint density at radius 2 is 1.93 bits per heavy atom. The van der Waals surface area contributed by atoms with Crippen LogP contribution < -0.4 is 10.2 Å². The number of ether oxygens (including phenoxy) is 1. The molecule has 0 atom stereocenters. The quantitative estimate of drug-likeness (QED) is 0.764.